The average molecular weight is 455 g/mol. The number of hydrogen-bond acceptors (Lipinski definition) is 4. The van der Waals surface area contributed by atoms with E-state index in [0.717, 1.165) is 0 Å². The molecule has 0 bridgehead atoms. The smallest absolute Gasteiger partial charge is 0.449 e. The Hall–Kier alpha value is -3.62. The van der Waals surface area contributed by atoms with Crippen LogP contribution in [0.15, 0.2) is 63.8 Å². The maximum atomic E-state index is 13.6. The Morgan fingerprint density at radius 3 is 2.52 bits per heavy atom. The van der Waals surface area contributed by atoms with Crippen LogP contribution in [0.25, 0.3) is 22.0 Å². The minimum Gasteiger partial charge on any atom is -0.451 e. The van der Waals surface area contributed by atoms with Gasteiger partial charge < -0.3 is 13.9 Å². The predicted octanol–water partition coefficient (Wildman–Crippen LogP) is 4.71. The van der Waals surface area contributed by atoms with E-state index in [4.69, 9.17) is 4.42 Å². The van der Waals surface area contributed by atoms with E-state index in [1.54, 1.807) is 53.4 Å². The molecular weight excluding hydrogens is 435 g/mol. The number of para-hydroxylation sites is 3. The van der Waals surface area contributed by atoms with Crippen LogP contribution in [-0.4, -0.2) is 33.4 Å². The quantitative estimate of drug-likeness (QED) is 0.449. The predicted molar refractivity (Wildman–Crippen MR) is 116 cm³/mol. The summed E-state index contributed by atoms with van der Waals surface area (Å²) in [7, 11) is 0. The van der Waals surface area contributed by atoms with Crippen LogP contribution in [-0.2, 0) is 12.7 Å². The summed E-state index contributed by atoms with van der Waals surface area (Å²) in [4.78, 5) is 30.6. The lowest BCUT2D eigenvalue weighted by Crippen LogP contribution is -2.39. The van der Waals surface area contributed by atoms with E-state index in [9.17, 15) is 22.8 Å². The Balaban J connectivity index is 1.32. The van der Waals surface area contributed by atoms with Crippen molar-refractivity contribution in [2.75, 3.05) is 13.1 Å². The molecule has 0 aliphatic carbocycles. The van der Waals surface area contributed by atoms with Crippen LogP contribution in [0.1, 0.15) is 29.2 Å². The van der Waals surface area contributed by atoms with Gasteiger partial charge >= 0.3 is 6.18 Å². The highest BCUT2D eigenvalue weighted by atomic mass is 19.4. The monoisotopic (exact) mass is 455 g/mol. The van der Waals surface area contributed by atoms with Crippen LogP contribution in [0.5, 0.6) is 0 Å². The fourth-order valence-corrected chi connectivity index (χ4v) is 4.42. The van der Waals surface area contributed by atoms with Gasteiger partial charge in [0.25, 0.3) is 5.91 Å². The summed E-state index contributed by atoms with van der Waals surface area (Å²) in [6.45, 7) is 0.907. The number of fused-ring (bicyclic) bond motifs is 2. The molecule has 33 heavy (non-hydrogen) atoms. The SMILES string of the molecule is O=C(c1cc(=O)c2ccccc2o1)N1CCC(Cn2c(C(F)(F)F)nc3ccccc32)CC1. The molecule has 0 unspecified atom stereocenters. The van der Waals surface area contributed by atoms with Gasteiger partial charge in [0.05, 0.1) is 16.4 Å². The van der Waals surface area contributed by atoms with Gasteiger partial charge in [0.15, 0.2) is 11.2 Å². The normalized spacial score (nSPS) is 15.4. The standard InChI is InChI=1S/C24H20F3N3O3/c25-24(26,27)23-28-17-6-2-3-7-18(17)30(23)14-15-9-11-29(12-10-15)22(32)21-13-19(31)16-5-1-4-8-20(16)33-21/h1-8,13,15H,9-12,14H2. The minimum absolute atomic E-state index is 0.0305. The van der Waals surface area contributed by atoms with Crippen LogP contribution in [0, 0.1) is 5.92 Å². The molecular formula is C24H20F3N3O3. The highest BCUT2D eigenvalue weighted by molar-refractivity contribution is 5.93. The maximum Gasteiger partial charge on any atom is 0.449 e. The van der Waals surface area contributed by atoms with Gasteiger partial charge in [-0.3, -0.25) is 9.59 Å². The van der Waals surface area contributed by atoms with Crippen molar-refractivity contribution in [3.63, 3.8) is 0 Å². The number of halogens is 3. The summed E-state index contributed by atoms with van der Waals surface area (Å²) >= 11 is 0. The summed E-state index contributed by atoms with van der Waals surface area (Å²) < 4.78 is 47.6. The number of alkyl halides is 3. The number of nitrogens with zero attached hydrogens (tertiary/aromatic N) is 3. The molecule has 3 heterocycles. The minimum atomic E-state index is -4.55. The summed E-state index contributed by atoms with van der Waals surface area (Å²) in [5, 5.41) is 0.404. The van der Waals surface area contributed by atoms with E-state index < -0.39 is 12.0 Å². The number of aromatic nitrogens is 2. The summed E-state index contributed by atoms with van der Waals surface area (Å²) in [5.74, 6) is -1.37. The lowest BCUT2D eigenvalue weighted by atomic mass is 9.96. The number of carbonyl (C=O) groups excluding carboxylic acids is 1. The topological polar surface area (TPSA) is 68.3 Å². The molecule has 1 aliphatic rings. The van der Waals surface area contributed by atoms with Crippen molar-refractivity contribution < 1.29 is 22.4 Å². The van der Waals surface area contributed by atoms with Crippen molar-refractivity contribution in [3.8, 4) is 0 Å². The fraction of sp³-hybridized carbons (Fsp3) is 0.292. The molecule has 4 aromatic rings. The second-order valence-electron chi connectivity index (χ2n) is 8.24. The third-order valence-electron chi connectivity index (χ3n) is 6.10. The zero-order valence-electron chi connectivity index (χ0n) is 17.5. The Labute approximate surface area is 186 Å². The fourth-order valence-electron chi connectivity index (χ4n) is 4.42. The third-order valence-corrected chi connectivity index (χ3v) is 6.10. The van der Waals surface area contributed by atoms with Gasteiger partial charge in [-0.15, -0.1) is 0 Å². The molecule has 170 valence electrons. The maximum absolute atomic E-state index is 13.6. The first kappa shape index (κ1) is 21.2. The molecule has 9 heteroatoms. The second-order valence-corrected chi connectivity index (χ2v) is 8.24. The van der Waals surface area contributed by atoms with Crippen LogP contribution in [0.4, 0.5) is 13.2 Å². The first-order valence-corrected chi connectivity index (χ1v) is 10.7. The van der Waals surface area contributed by atoms with Crippen LogP contribution in [0.3, 0.4) is 0 Å². The van der Waals surface area contributed by atoms with Crippen LogP contribution < -0.4 is 5.43 Å². The van der Waals surface area contributed by atoms with Gasteiger partial charge in [-0.1, -0.05) is 24.3 Å². The van der Waals surface area contributed by atoms with Gasteiger partial charge in [0, 0.05) is 25.7 Å². The molecule has 2 aromatic carbocycles. The number of rotatable bonds is 3. The average Bonchev–Trinajstić information content (AvgIpc) is 3.18. The first-order valence-electron chi connectivity index (χ1n) is 10.7. The van der Waals surface area contributed by atoms with E-state index >= 15 is 0 Å². The third kappa shape index (κ3) is 3.99. The van der Waals surface area contributed by atoms with Crippen LogP contribution in [0.2, 0.25) is 0 Å². The number of hydrogen-bond donors (Lipinski definition) is 0. The molecule has 5 rings (SSSR count). The number of likely N-dealkylation sites (tertiary alicyclic amines) is 1. The van der Waals surface area contributed by atoms with Crippen molar-refractivity contribution in [1.29, 1.82) is 0 Å². The summed E-state index contributed by atoms with van der Waals surface area (Å²) in [5.41, 5.74) is 0.807. The largest absolute Gasteiger partial charge is 0.451 e. The van der Waals surface area contributed by atoms with Gasteiger partial charge in [-0.25, -0.2) is 4.98 Å². The lowest BCUT2D eigenvalue weighted by Gasteiger charge is -2.32. The molecule has 0 atom stereocenters. The van der Waals surface area contributed by atoms with Crippen molar-refractivity contribution in [2.24, 2.45) is 5.92 Å². The highest BCUT2D eigenvalue weighted by Gasteiger charge is 2.38. The number of piperidine rings is 1. The zero-order valence-corrected chi connectivity index (χ0v) is 17.5. The molecule has 0 N–H and O–H groups in total. The van der Waals surface area contributed by atoms with Crippen molar-refractivity contribution >= 4 is 27.9 Å². The summed E-state index contributed by atoms with van der Waals surface area (Å²) in [6, 6.07) is 14.5. The van der Waals surface area contributed by atoms with Crippen molar-refractivity contribution in [1.82, 2.24) is 14.5 Å². The molecule has 1 amide bonds. The number of benzene rings is 2. The van der Waals surface area contributed by atoms with E-state index in [-0.39, 0.29) is 29.6 Å². The molecule has 2 aromatic heterocycles. The number of carbonyl (C=O) groups is 1. The number of amides is 1. The Morgan fingerprint density at radius 2 is 1.76 bits per heavy atom. The molecule has 1 aliphatic heterocycles. The Bertz CT molecular complexity index is 1400. The van der Waals surface area contributed by atoms with Crippen LogP contribution >= 0.6 is 0 Å². The van der Waals surface area contributed by atoms with E-state index in [1.807, 2.05) is 0 Å². The molecule has 1 fully saturated rings. The molecule has 0 saturated carbocycles. The Morgan fingerprint density at radius 1 is 1.06 bits per heavy atom. The van der Waals surface area contributed by atoms with Gasteiger partial charge in [0.2, 0.25) is 5.82 Å². The van der Waals surface area contributed by atoms with Gasteiger partial charge in [-0.05, 0) is 43.0 Å². The molecule has 1 saturated heterocycles. The molecule has 6 nitrogen and oxygen atoms in total. The Kier molecular flexibility index (Phi) is 5.19. The van der Waals surface area contributed by atoms with Gasteiger partial charge in [-0.2, -0.15) is 13.2 Å². The lowest BCUT2D eigenvalue weighted by molar-refractivity contribution is -0.147. The highest BCUT2D eigenvalue weighted by Crippen LogP contribution is 2.33. The number of imidazole rings is 1. The summed E-state index contributed by atoms with van der Waals surface area (Å²) in [6.07, 6.45) is -3.48. The second kappa shape index (κ2) is 8.06. The van der Waals surface area contributed by atoms with Crippen molar-refractivity contribution in [2.45, 2.75) is 25.6 Å². The van der Waals surface area contributed by atoms with Gasteiger partial charge in [0.1, 0.15) is 5.58 Å². The van der Waals surface area contributed by atoms with E-state index in [1.165, 1.54) is 10.6 Å². The first-order chi connectivity index (χ1) is 15.8. The zero-order chi connectivity index (χ0) is 23.2. The van der Waals surface area contributed by atoms with E-state index in [0.29, 0.717) is 47.9 Å². The van der Waals surface area contributed by atoms with E-state index in [2.05, 4.69) is 4.98 Å². The molecule has 0 spiro atoms. The molecule has 0 radical (unpaired) electrons. The van der Waals surface area contributed by atoms with Crippen molar-refractivity contribution in [3.05, 3.63) is 76.4 Å².